The van der Waals surface area contributed by atoms with Crippen molar-refractivity contribution in [2.24, 2.45) is 11.5 Å². The second-order valence-corrected chi connectivity index (χ2v) is 4.37. The molecule has 0 aliphatic carbocycles. The predicted molar refractivity (Wildman–Crippen MR) is 79.3 cm³/mol. The molecule has 6 N–H and O–H groups in total. The molecular formula is C13H27N5O. The van der Waals surface area contributed by atoms with Crippen LogP contribution in [-0.2, 0) is 4.79 Å². The number of nitrogens with one attached hydrogen (secondary N) is 2. The van der Waals surface area contributed by atoms with Gasteiger partial charge in [0, 0.05) is 44.9 Å². The van der Waals surface area contributed by atoms with Crippen molar-refractivity contribution in [1.82, 2.24) is 10.2 Å². The summed E-state index contributed by atoms with van der Waals surface area (Å²) in [6.07, 6.45) is 3.58. The number of amides is 1. The number of rotatable bonds is 12. The van der Waals surface area contributed by atoms with E-state index < -0.39 is 0 Å². The van der Waals surface area contributed by atoms with Crippen LogP contribution in [0.25, 0.3) is 0 Å². The molecule has 1 amide bonds. The van der Waals surface area contributed by atoms with Gasteiger partial charge in [-0.1, -0.05) is 6.08 Å². The number of nitrogens with two attached hydrogens (primary N) is 2. The van der Waals surface area contributed by atoms with Crippen LogP contribution in [0.2, 0.25) is 0 Å². The number of hydrogen-bond donors (Lipinski definition) is 4. The topological polar surface area (TPSA) is 108 Å². The van der Waals surface area contributed by atoms with E-state index in [4.69, 9.17) is 16.9 Å². The summed E-state index contributed by atoms with van der Waals surface area (Å²) in [7, 11) is 0. The van der Waals surface area contributed by atoms with Crippen LogP contribution in [-0.4, -0.2) is 55.8 Å². The van der Waals surface area contributed by atoms with Gasteiger partial charge in [0.05, 0.1) is 0 Å². The van der Waals surface area contributed by atoms with Gasteiger partial charge in [-0.2, -0.15) is 0 Å². The van der Waals surface area contributed by atoms with Gasteiger partial charge in [0.25, 0.3) is 0 Å². The highest BCUT2D eigenvalue weighted by atomic mass is 16.1. The average Bonchev–Trinajstić information content (AvgIpc) is 2.39. The van der Waals surface area contributed by atoms with Gasteiger partial charge in [-0.15, -0.1) is 6.58 Å². The zero-order chi connectivity index (χ0) is 14.5. The Bertz CT molecular complexity index is 280. The summed E-state index contributed by atoms with van der Waals surface area (Å²) in [6.45, 7) is 7.34. The molecule has 0 radical (unpaired) electrons. The van der Waals surface area contributed by atoms with E-state index in [9.17, 15) is 4.79 Å². The molecule has 6 nitrogen and oxygen atoms in total. The Hall–Kier alpha value is -1.24. The van der Waals surface area contributed by atoms with Crippen molar-refractivity contribution in [1.29, 1.82) is 5.41 Å². The molecule has 0 atom stereocenters. The molecule has 0 aromatic carbocycles. The Labute approximate surface area is 115 Å². The maximum atomic E-state index is 11.5. The first-order valence-corrected chi connectivity index (χ1v) is 6.70. The zero-order valence-electron chi connectivity index (χ0n) is 11.7. The van der Waals surface area contributed by atoms with E-state index in [2.05, 4.69) is 16.8 Å². The van der Waals surface area contributed by atoms with E-state index in [0.29, 0.717) is 51.2 Å². The molecule has 0 heterocycles. The standard InChI is InChI=1S/C13H27N5O/c1-2-9-18(10-4-12(16)3-6-14)11-5-13(19)17-8-7-15/h2,16H,1,3-11,14-15H2,(H,17,19). The lowest BCUT2D eigenvalue weighted by atomic mass is 10.2. The summed E-state index contributed by atoms with van der Waals surface area (Å²) in [5, 5.41) is 10.4. The largest absolute Gasteiger partial charge is 0.355 e. The minimum atomic E-state index is 0.0107. The van der Waals surface area contributed by atoms with Crippen molar-refractivity contribution in [3.63, 3.8) is 0 Å². The molecule has 0 rings (SSSR count). The highest BCUT2D eigenvalue weighted by Gasteiger charge is 2.07. The normalized spacial score (nSPS) is 10.5. The molecule has 0 aliphatic rings. The molecule has 0 aliphatic heterocycles. The van der Waals surface area contributed by atoms with E-state index in [1.807, 2.05) is 6.08 Å². The van der Waals surface area contributed by atoms with Crippen molar-refractivity contribution < 1.29 is 4.79 Å². The highest BCUT2D eigenvalue weighted by Crippen LogP contribution is 1.98. The van der Waals surface area contributed by atoms with Crippen LogP contribution < -0.4 is 16.8 Å². The third kappa shape index (κ3) is 10.4. The van der Waals surface area contributed by atoms with Crippen molar-refractivity contribution in [3.05, 3.63) is 12.7 Å². The Morgan fingerprint density at radius 1 is 1.21 bits per heavy atom. The van der Waals surface area contributed by atoms with E-state index in [1.165, 1.54) is 0 Å². The molecule has 0 saturated heterocycles. The quantitative estimate of drug-likeness (QED) is 0.288. The van der Waals surface area contributed by atoms with E-state index in [-0.39, 0.29) is 5.91 Å². The van der Waals surface area contributed by atoms with Crippen molar-refractivity contribution in [3.8, 4) is 0 Å². The summed E-state index contributed by atoms with van der Waals surface area (Å²) in [4.78, 5) is 13.6. The summed E-state index contributed by atoms with van der Waals surface area (Å²) < 4.78 is 0. The van der Waals surface area contributed by atoms with Gasteiger partial charge in [0.1, 0.15) is 0 Å². The lowest BCUT2D eigenvalue weighted by Gasteiger charge is -2.20. The molecule has 0 spiro atoms. The zero-order valence-corrected chi connectivity index (χ0v) is 11.7. The Morgan fingerprint density at radius 3 is 2.47 bits per heavy atom. The van der Waals surface area contributed by atoms with Crippen LogP contribution in [0, 0.1) is 5.41 Å². The van der Waals surface area contributed by atoms with E-state index >= 15 is 0 Å². The van der Waals surface area contributed by atoms with Gasteiger partial charge in [-0.25, -0.2) is 0 Å². The van der Waals surface area contributed by atoms with Gasteiger partial charge in [-0.05, 0) is 19.4 Å². The predicted octanol–water partition coefficient (Wildman–Crippen LogP) is -0.302. The molecule has 0 aromatic heterocycles. The molecule has 0 bridgehead atoms. The van der Waals surface area contributed by atoms with E-state index in [1.54, 1.807) is 0 Å². The molecule has 0 fully saturated rings. The number of carbonyl (C=O) groups is 1. The van der Waals surface area contributed by atoms with Gasteiger partial charge in [0.15, 0.2) is 0 Å². The van der Waals surface area contributed by atoms with Gasteiger partial charge >= 0.3 is 0 Å². The van der Waals surface area contributed by atoms with Crippen molar-refractivity contribution >= 4 is 11.6 Å². The summed E-state index contributed by atoms with van der Waals surface area (Å²) >= 11 is 0. The maximum absolute atomic E-state index is 11.5. The van der Waals surface area contributed by atoms with Crippen LogP contribution in [0.1, 0.15) is 19.3 Å². The van der Waals surface area contributed by atoms with Crippen LogP contribution in [0.5, 0.6) is 0 Å². The Balaban J connectivity index is 3.94. The fourth-order valence-corrected chi connectivity index (χ4v) is 1.63. The first kappa shape index (κ1) is 17.8. The molecule has 6 heteroatoms. The second kappa shape index (κ2) is 11.8. The first-order valence-electron chi connectivity index (χ1n) is 6.70. The minimum absolute atomic E-state index is 0.0107. The first-order chi connectivity index (χ1) is 9.13. The summed E-state index contributed by atoms with van der Waals surface area (Å²) in [5.74, 6) is 0.0107. The molecule has 110 valence electrons. The molecule has 0 aromatic rings. The lowest BCUT2D eigenvalue weighted by molar-refractivity contribution is -0.121. The number of carbonyl (C=O) groups excluding carboxylic acids is 1. The summed E-state index contributed by atoms with van der Waals surface area (Å²) in [6, 6.07) is 0. The van der Waals surface area contributed by atoms with Crippen LogP contribution in [0.15, 0.2) is 12.7 Å². The van der Waals surface area contributed by atoms with Crippen molar-refractivity contribution in [2.75, 3.05) is 39.3 Å². The fourth-order valence-electron chi connectivity index (χ4n) is 1.63. The smallest absolute Gasteiger partial charge is 0.221 e. The highest BCUT2D eigenvalue weighted by molar-refractivity contribution is 5.81. The Kier molecular flexibility index (Phi) is 11.1. The lowest BCUT2D eigenvalue weighted by Crippen LogP contribution is -2.34. The van der Waals surface area contributed by atoms with Crippen molar-refractivity contribution in [2.45, 2.75) is 19.3 Å². The monoisotopic (exact) mass is 269 g/mol. The van der Waals surface area contributed by atoms with Gasteiger partial charge in [0.2, 0.25) is 5.91 Å². The third-order valence-electron chi connectivity index (χ3n) is 2.68. The summed E-state index contributed by atoms with van der Waals surface area (Å²) in [5.41, 5.74) is 11.4. The number of hydrogen-bond acceptors (Lipinski definition) is 5. The Morgan fingerprint density at radius 2 is 1.89 bits per heavy atom. The van der Waals surface area contributed by atoms with Gasteiger partial charge < -0.3 is 22.2 Å². The SMILES string of the molecule is C=CCN(CCC(=N)CCN)CCC(=O)NCCN. The average molecular weight is 269 g/mol. The van der Waals surface area contributed by atoms with Crippen LogP contribution in [0.3, 0.4) is 0 Å². The third-order valence-corrected chi connectivity index (χ3v) is 2.68. The molecule has 0 unspecified atom stereocenters. The minimum Gasteiger partial charge on any atom is -0.355 e. The van der Waals surface area contributed by atoms with Crippen LogP contribution in [0.4, 0.5) is 0 Å². The van der Waals surface area contributed by atoms with Crippen LogP contribution >= 0.6 is 0 Å². The molecular weight excluding hydrogens is 242 g/mol. The maximum Gasteiger partial charge on any atom is 0.221 e. The molecule has 19 heavy (non-hydrogen) atoms. The fraction of sp³-hybridized carbons (Fsp3) is 0.692. The molecule has 0 saturated carbocycles. The van der Waals surface area contributed by atoms with E-state index in [0.717, 1.165) is 13.1 Å². The number of nitrogens with zero attached hydrogens (tertiary/aromatic N) is 1. The van der Waals surface area contributed by atoms with Gasteiger partial charge in [-0.3, -0.25) is 9.69 Å². The second-order valence-electron chi connectivity index (χ2n) is 4.37.